The molecule has 0 aliphatic carbocycles. The molecule has 0 aliphatic rings. The Bertz CT molecular complexity index is 1020. The average Bonchev–Trinajstić information content (AvgIpc) is 3.29. The van der Waals surface area contributed by atoms with Gasteiger partial charge >= 0.3 is 0 Å². The van der Waals surface area contributed by atoms with Gasteiger partial charge in [-0.15, -0.1) is 23.1 Å². The van der Waals surface area contributed by atoms with Crippen molar-refractivity contribution in [1.82, 2.24) is 0 Å². The van der Waals surface area contributed by atoms with Crippen LogP contribution in [0.2, 0.25) is 0 Å². The molecule has 3 rings (SSSR count). The van der Waals surface area contributed by atoms with Crippen molar-refractivity contribution in [2.24, 2.45) is 0 Å². The first-order valence-corrected chi connectivity index (χ1v) is 10.9. The molecule has 1 aromatic heterocycles. The second-order valence-corrected chi connectivity index (χ2v) is 8.64. The van der Waals surface area contributed by atoms with Crippen LogP contribution in [0.4, 0.5) is 11.4 Å². The van der Waals surface area contributed by atoms with Gasteiger partial charge in [0.05, 0.1) is 30.0 Å². The molecule has 0 saturated heterocycles. The van der Waals surface area contributed by atoms with Gasteiger partial charge in [0.1, 0.15) is 11.5 Å². The van der Waals surface area contributed by atoms with Crippen LogP contribution in [0.15, 0.2) is 64.9 Å². The summed E-state index contributed by atoms with van der Waals surface area (Å²) < 4.78 is 10.5. The molecular weight excluding hydrogens is 420 g/mol. The highest BCUT2D eigenvalue weighted by atomic mass is 32.2. The van der Waals surface area contributed by atoms with Crippen molar-refractivity contribution < 1.29 is 19.1 Å². The van der Waals surface area contributed by atoms with E-state index in [-0.39, 0.29) is 17.1 Å². The molecule has 6 nitrogen and oxygen atoms in total. The van der Waals surface area contributed by atoms with E-state index in [0.29, 0.717) is 27.8 Å². The lowest BCUT2D eigenvalue weighted by molar-refractivity contribution is -0.115. The van der Waals surface area contributed by atoms with E-state index in [1.165, 1.54) is 23.1 Å². The van der Waals surface area contributed by atoms with Gasteiger partial charge in [-0.1, -0.05) is 12.1 Å². The van der Waals surface area contributed by atoms with Crippen molar-refractivity contribution in [3.8, 4) is 11.5 Å². The first-order valence-electron chi connectivity index (χ1n) is 9.14. The van der Waals surface area contributed by atoms with E-state index in [1.807, 2.05) is 42.6 Å². The quantitative estimate of drug-likeness (QED) is 0.473. The van der Waals surface area contributed by atoms with Gasteiger partial charge < -0.3 is 20.1 Å². The van der Waals surface area contributed by atoms with Crippen molar-refractivity contribution in [2.75, 3.05) is 24.9 Å². The van der Waals surface area contributed by atoms with E-state index < -0.39 is 0 Å². The summed E-state index contributed by atoms with van der Waals surface area (Å²) in [7, 11) is 3.11. The van der Waals surface area contributed by atoms with Crippen molar-refractivity contribution >= 4 is 46.3 Å². The molecular formula is C22H22N2O4S2. The third-order valence-corrected chi connectivity index (χ3v) is 6.15. The molecule has 1 heterocycles. The Hall–Kier alpha value is -2.97. The van der Waals surface area contributed by atoms with E-state index in [0.717, 1.165) is 4.90 Å². The third-order valence-electron chi connectivity index (χ3n) is 4.18. The minimum Gasteiger partial charge on any atom is -0.497 e. The zero-order chi connectivity index (χ0) is 21.5. The van der Waals surface area contributed by atoms with Gasteiger partial charge in [-0.2, -0.15) is 0 Å². The van der Waals surface area contributed by atoms with Crippen LogP contribution in [0.3, 0.4) is 0 Å². The standard InChI is InChI=1S/C22H22N2O4S2/c1-14(21(25)24-18-13-16(27-2)9-10-19(18)28-3)30-17-7-4-6-15(12-17)23-22(26)20-8-5-11-29-20/h4-14H,1-3H3,(H,23,26)(H,24,25). The lowest BCUT2D eigenvalue weighted by Crippen LogP contribution is -2.22. The molecule has 0 saturated carbocycles. The number of hydrogen-bond acceptors (Lipinski definition) is 6. The van der Waals surface area contributed by atoms with Crippen LogP contribution in [0.1, 0.15) is 16.6 Å². The molecule has 1 atom stereocenters. The number of carbonyl (C=O) groups is 2. The molecule has 0 bridgehead atoms. The molecule has 156 valence electrons. The lowest BCUT2D eigenvalue weighted by atomic mass is 10.2. The summed E-state index contributed by atoms with van der Waals surface area (Å²) in [4.78, 5) is 26.5. The summed E-state index contributed by atoms with van der Waals surface area (Å²) in [6, 6.07) is 16.3. The Morgan fingerprint density at radius 3 is 2.53 bits per heavy atom. The van der Waals surface area contributed by atoms with Gasteiger partial charge in [-0.3, -0.25) is 9.59 Å². The minimum absolute atomic E-state index is 0.150. The van der Waals surface area contributed by atoms with Crippen LogP contribution in [0.25, 0.3) is 0 Å². The molecule has 1 unspecified atom stereocenters. The van der Waals surface area contributed by atoms with Crippen LogP contribution < -0.4 is 20.1 Å². The number of hydrogen-bond donors (Lipinski definition) is 2. The number of ether oxygens (including phenoxy) is 2. The summed E-state index contributed by atoms with van der Waals surface area (Å²) in [5.41, 5.74) is 1.23. The Balaban J connectivity index is 1.65. The summed E-state index contributed by atoms with van der Waals surface area (Å²) in [6.07, 6.45) is 0. The van der Waals surface area contributed by atoms with Gasteiger partial charge in [-0.25, -0.2) is 0 Å². The van der Waals surface area contributed by atoms with Crippen LogP contribution in [-0.2, 0) is 4.79 Å². The largest absolute Gasteiger partial charge is 0.497 e. The SMILES string of the molecule is COc1ccc(OC)c(NC(=O)C(C)Sc2cccc(NC(=O)c3cccs3)c2)c1. The fraction of sp³-hybridized carbons (Fsp3) is 0.182. The Morgan fingerprint density at radius 2 is 1.83 bits per heavy atom. The number of anilines is 2. The van der Waals surface area contributed by atoms with E-state index in [1.54, 1.807) is 38.5 Å². The molecule has 2 amide bonds. The number of rotatable bonds is 8. The van der Waals surface area contributed by atoms with Gasteiger partial charge in [-0.05, 0) is 48.7 Å². The molecule has 0 radical (unpaired) electrons. The van der Waals surface area contributed by atoms with E-state index in [2.05, 4.69) is 10.6 Å². The lowest BCUT2D eigenvalue weighted by Gasteiger charge is -2.15. The van der Waals surface area contributed by atoms with E-state index in [9.17, 15) is 9.59 Å². The number of nitrogens with one attached hydrogen (secondary N) is 2. The zero-order valence-corrected chi connectivity index (χ0v) is 18.4. The second-order valence-electron chi connectivity index (χ2n) is 6.27. The molecule has 2 aromatic carbocycles. The number of carbonyl (C=O) groups excluding carboxylic acids is 2. The average molecular weight is 443 g/mol. The predicted octanol–water partition coefficient (Wildman–Crippen LogP) is 5.14. The Morgan fingerprint density at radius 1 is 1.00 bits per heavy atom. The zero-order valence-electron chi connectivity index (χ0n) is 16.8. The van der Waals surface area contributed by atoms with Gasteiger partial charge in [0.15, 0.2) is 0 Å². The number of benzene rings is 2. The van der Waals surface area contributed by atoms with Crippen LogP contribution in [0.5, 0.6) is 11.5 Å². The molecule has 8 heteroatoms. The maximum Gasteiger partial charge on any atom is 0.265 e. The normalized spacial score (nSPS) is 11.4. The first-order chi connectivity index (χ1) is 14.5. The second kappa shape index (κ2) is 10.2. The number of thiophene rings is 1. The van der Waals surface area contributed by atoms with Crippen molar-refractivity contribution in [2.45, 2.75) is 17.1 Å². The number of methoxy groups -OCH3 is 2. The molecule has 0 spiro atoms. The number of thioether (sulfide) groups is 1. The molecule has 30 heavy (non-hydrogen) atoms. The van der Waals surface area contributed by atoms with Crippen LogP contribution in [-0.4, -0.2) is 31.3 Å². The Kier molecular flexibility index (Phi) is 7.37. The van der Waals surface area contributed by atoms with Crippen molar-refractivity contribution in [3.05, 3.63) is 64.9 Å². The van der Waals surface area contributed by atoms with Gasteiger partial charge in [0.25, 0.3) is 5.91 Å². The highest BCUT2D eigenvalue weighted by Gasteiger charge is 2.17. The summed E-state index contributed by atoms with van der Waals surface area (Å²) >= 11 is 2.79. The van der Waals surface area contributed by atoms with Gasteiger partial charge in [0, 0.05) is 16.6 Å². The highest BCUT2D eigenvalue weighted by Crippen LogP contribution is 2.31. The molecule has 3 aromatic rings. The molecule has 0 fully saturated rings. The molecule has 2 N–H and O–H groups in total. The minimum atomic E-state index is -0.371. The summed E-state index contributed by atoms with van der Waals surface area (Å²) in [5.74, 6) is 0.864. The van der Waals surface area contributed by atoms with E-state index >= 15 is 0 Å². The highest BCUT2D eigenvalue weighted by molar-refractivity contribution is 8.00. The number of amides is 2. The summed E-state index contributed by atoms with van der Waals surface area (Å²) in [6.45, 7) is 1.82. The maximum absolute atomic E-state index is 12.7. The Labute approximate surface area is 183 Å². The third kappa shape index (κ3) is 5.55. The van der Waals surface area contributed by atoms with Crippen molar-refractivity contribution in [1.29, 1.82) is 0 Å². The summed E-state index contributed by atoms with van der Waals surface area (Å²) in [5, 5.41) is 7.26. The fourth-order valence-corrected chi connectivity index (χ4v) is 4.20. The van der Waals surface area contributed by atoms with Crippen LogP contribution >= 0.6 is 23.1 Å². The van der Waals surface area contributed by atoms with Crippen LogP contribution in [0, 0.1) is 0 Å². The maximum atomic E-state index is 12.7. The van der Waals surface area contributed by atoms with E-state index in [4.69, 9.17) is 9.47 Å². The fourth-order valence-electron chi connectivity index (χ4n) is 2.65. The monoisotopic (exact) mass is 442 g/mol. The predicted molar refractivity (Wildman–Crippen MR) is 122 cm³/mol. The molecule has 0 aliphatic heterocycles. The smallest absolute Gasteiger partial charge is 0.265 e. The topological polar surface area (TPSA) is 76.7 Å². The van der Waals surface area contributed by atoms with Crippen molar-refractivity contribution in [3.63, 3.8) is 0 Å². The van der Waals surface area contributed by atoms with Gasteiger partial charge in [0.2, 0.25) is 5.91 Å². The first kappa shape index (κ1) is 21.7.